The van der Waals surface area contributed by atoms with Gasteiger partial charge in [-0.2, -0.15) is 0 Å². The number of amides is 1. The fraction of sp³-hybridized carbons (Fsp3) is 0.667. The van der Waals surface area contributed by atoms with Gasteiger partial charge in [-0.25, -0.2) is 4.79 Å². The number of hydrogen-bond acceptors (Lipinski definition) is 7. The summed E-state index contributed by atoms with van der Waals surface area (Å²) in [7, 11) is 1.58. The number of aryl methyl sites for hydroxylation is 1. The number of nitrogens with one attached hydrogen (secondary N) is 1. The van der Waals surface area contributed by atoms with Gasteiger partial charge in [0.05, 0.1) is 6.61 Å². The van der Waals surface area contributed by atoms with Crippen molar-refractivity contribution in [2.75, 3.05) is 58.4 Å². The molecule has 8 heteroatoms. The van der Waals surface area contributed by atoms with Crippen LogP contribution >= 0.6 is 0 Å². The summed E-state index contributed by atoms with van der Waals surface area (Å²) in [5, 5.41) is 3.24. The number of aldehydes is 1. The summed E-state index contributed by atoms with van der Waals surface area (Å²) < 4.78 is 16.7. The van der Waals surface area contributed by atoms with Gasteiger partial charge in [-0.05, 0) is 57.9 Å². The smallest absolute Gasteiger partial charge is 0.410 e. The summed E-state index contributed by atoms with van der Waals surface area (Å²) in [6.45, 7) is 14.1. The van der Waals surface area contributed by atoms with E-state index in [0.717, 1.165) is 49.3 Å². The van der Waals surface area contributed by atoms with E-state index in [1.54, 1.807) is 12.0 Å². The molecule has 1 atom stereocenters. The van der Waals surface area contributed by atoms with Gasteiger partial charge in [0.15, 0.2) is 0 Å². The van der Waals surface area contributed by atoms with Gasteiger partial charge in [-0.1, -0.05) is 6.92 Å². The van der Waals surface area contributed by atoms with Crippen molar-refractivity contribution < 1.29 is 23.8 Å². The van der Waals surface area contributed by atoms with Gasteiger partial charge in [0.2, 0.25) is 0 Å². The zero-order chi connectivity index (χ0) is 23.8. The molecule has 0 saturated carbocycles. The van der Waals surface area contributed by atoms with E-state index in [0.29, 0.717) is 19.7 Å². The Morgan fingerprint density at radius 1 is 1.16 bits per heavy atom. The molecular weight excluding hydrogens is 410 g/mol. The van der Waals surface area contributed by atoms with Crippen LogP contribution < -0.4 is 10.1 Å². The van der Waals surface area contributed by atoms with Gasteiger partial charge in [0.25, 0.3) is 0 Å². The highest BCUT2D eigenvalue weighted by atomic mass is 16.6. The molecule has 1 fully saturated rings. The largest absolute Gasteiger partial charge is 0.492 e. The lowest BCUT2D eigenvalue weighted by atomic mass is 10.0. The maximum atomic E-state index is 12.2. The van der Waals surface area contributed by atoms with Crippen molar-refractivity contribution in [2.45, 2.75) is 52.2 Å². The minimum atomic E-state index is -0.774. The molecule has 1 saturated heterocycles. The molecule has 1 aromatic rings. The van der Waals surface area contributed by atoms with Gasteiger partial charge in [-0.3, -0.25) is 4.90 Å². The summed E-state index contributed by atoms with van der Waals surface area (Å²) in [5.74, 6) is 0.852. The molecule has 0 bridgehead atoms. The average molecular weight is 450 g/mol. The SMILES string of the molecule is CCc1cc(N[C@](C)(C=O)COC)ccc1OCCN1CCN(C(=O)OC(C)(C)C)CC1. The number of hydrogen-bond donors (Lipinski definition) is 1. The normalized spacial score (nSPS) is 16.9. The van der Waals surface area contributed by atoms with Crippen molar-refractivity contribution in [3.63, 3.8) is 0 Å². The minimum absolute atomic E-state index is 0.245. The first kappa shape index (κ1) is 25.9. The van der Waals surface area contributed by atoms with Gasteiger partial charge in [0, 0.05) is 45.5 Å². The number of nitrogens with zero attached hydrogens (tertiary/aromatic N) is 2. The quantitative estimate of drug-likeness (QED) is 0.550. The monoisotopic (exact) mass is 449 g/mol. The Balaban J connectivity index is 1.83. The van der Waals surface area contributed by atoms with E-state index in [1.807, 2.05) is 45.9 Å². The average Bonchev–Trinajstić information content (AvgIpc) is 2.74. The molecule has 1 N–H and O–H groups in total. The van der Waals surface area contributed by atoms with Crippen LogP contribution in [0.25, 0.3) is 0 Å². The van der Waals surface area contributed by atoms with Gasteiger partial charge >= 0.3 is 6.09 Å². The van der Waals surface area contributed by atoms with Crippen molar-refractivity contribution in [2.24, 2.45) is 0 Å². The number of ether oxygens (including phenoxy) is 3. The Hall–Kier alpha value is -2.32. The van der Waals surface area contributed by atoms with Crippen LogP contribution in [0.2, 0.25) is 0 Å². The Morgan fingerprint density at radius 3 is 2.41 bits per heavy atom. The van der Waals surface area contributed by atoms with Crippen molar-refractivity contribution >= 4 is 18.1 Å². The predicted octanol–water partition coefficient (Wildman–Crippen LogP) is 3.20. The second-order valence-electron chi connectivity index (χ2n) is 9.43. The third kappa shape index (κ3) is 7.98. The first-order valence-corrected chi connectivity index (χ1v) is 11.3. The van der Waals surface area contributed by atoms with E-state index in [4.69, 9.17) is 14.2 Å². The van der Waals surface area contributed by atoms with Crippen LogP contribution in [0.1, 0.15) is 40.2 Å². The number of anilines is 1. The molecule has 0 aromatic heterocycles. The molecule has 2 rings (SSSR count). The Morgan fingerprint density at radius 2 is 1.84 bits per heavy atom. The van der Waals surface area contributed by atoms with Crippen molar-refractivity contribution in [1.82, 2.24) is 9.80 Å². The number of rotatable bonds is 10. The van der Waals surface area contributed by atoms with E-state index in [1.165, 1.54) is 0 Å². The maximum absolute atomic E-state index is 12.2. The number of methoxy groups -OCH3 is 1. The fourth-order valence-electron chi connectivity index (χ4n) is 3.57. The van der Waals surface area contributed by atoms with Gasteiger partial charge in [-0.15, -0.1) is 0 Å². The zero-order valence-electron chi connectivity index (χ0n) is 20.4. The molecule has 0 spiro atoms. The van der Waals surface area contributed by atoms with Crippen LogP contribution in [0.15, 0.2) is 18.2 Å². The fourth-order valence-corrected chi connectivity index (χ4v) is 3.57. The first-order valence-electron chi connectivity index (χ1n) is 11.3. The standard InChI is InChI=1S/C24H39N3O5/c1-7-19-16-20(25-24(5,17-28)18-30-6)8-9-21(19)31-15-14-26-10-12-27(13-11-26)22(29)32-23(2,3)4/h8-9,16-17,25H,7,10-15,18H2,1-6H3/t24-/m1/s1. The van der Waals surface area contributed by atoms with E-state index in [2.05, 4.69) is 17.1 Å². The topological polar surface area (TPSA) is 80.3 Å². The molecular formula is C24H39N3O5. The number of benzene rings is 1. The lowest BCUT2D eigenvalue weighted by molar-refractivity contribution is -0.112. The molecule has 1 amide bonds. The van der Waals surface area contributed by atoms with Crippen LogP contribution in [-0.2, 0) is 20.7 Å². The minimum Gasteiger partial charge on any atom is -0.492 e. The van der Waals surface area contributed by atoms with E-state index >= 15 is 0 Å². The highest BCUT2D eigenvalue weighted by molar-refractivity contribution is 5.71. The van der Waals surface area contributed by atoms with Crippen LogP contribution in [0, 0.1) is 0 Å². The molecule has 0 unspecified atom stereocenters. The maximum Gasteiger partial charge on any atom is 0.410 e. The third-order valence-corrected chi connectivity index (χ3v) is 5.26. The lowest BCUT2D eigenvalue weighted by Gasteiger charge is -2.35. The summed E-state index contributed by atoms with van der Waals surface area (Å²) in [6, 6.07) is 5.89. The second kappa shape index (κ2) is 11.5. The van der Waals surface area contributed by atoms with E-state index in [-0.39, 0.29) is 12.7 Å². The Kier molecular flexibility index (Phi) is 9.33. The molecule has 0 radical (unpaired) electrons. The van der Waals surface area contributed by atoms with Crippen LogP contribution in [0.3, 0.4) is 0 Å². The molecule has 32 heavy (non-hydrogen) atoms. The Labute approximate surface area is 192 Å². The van der Waals surface area contributed by atoms with Crippen molar-refractivity contribution in [3.05, 3.63) is 23.8 Å². The van der Waals surface area contributed by atoms with Crippen molar-refractivity contribution in [3.8, 4) is 5.75 Å². The highest BCUT2D eigenvalue weighted by Gasteiger charge is 2.26. The van der Waals surface area contributed by atoms with Crippen LogP contribution in [0.4, 0.5) is 10.5 Å². The van der Waals surface area contributed by atoms with Crippen molar-refractivity contribution in [1.29, 1.82) is 0 Å². The number of carbonyl (C=O) groups excluding carboxylic acids is 2. The summed E-state index contributed by atoms with van der Waals surface area (Å²) in [6.07, 6.45) is 1.45. The number of carbonyl (C=O) groups is 2. The molecule has 1 aliphatic heterocycles. The molecule has 1 heterocycles. The van der Waals surface area contributed by atoms with Crippen LogP contribution in [-0.4, -0.2) is 86.4 Å². The summed E-state index contributed by atoms with van der Waals surface area (Å²) in [5.41, 5.74) is 0.693. The van der Waals surface area contributed by atoms with Gasteiger partial charge < -0.3 is 29.2 Å². The number of piperazine rings is 1. The molecule has 180 valence electrons. The molecule has 1 aromatic carbocycles. The van der Waals surface area contributed by atoms with E-state index < -0.39 is 11.1 Å². The van der Waals surface area contributed by atoms with Gasteiger partial charge in [0.1, 0.15) is 29.8 Å². The first-order chi connectivity index (χ1) is 15.1. The molecule has 8 nitrogen and oxygen atoms in total. The van der Waals surface area contributed by atoms with Crippen LogP contribution in [0.5, 0.6) is 5.75 Å². The third-order valence-electron chi connectivity index (χ3n) is 5.26. The molecule has 0 aliphatic carbocycles. The Bertz CT molecular complexity index is 756. The summed E-state index contributed by atoms with van der Waals surface area (Å²) in [4.78, 5) is 27.7. The lowest BCUT2D eigenvalue weighted by Crippen LogP contribution is -2.50. The zero-order valence-corrected chi connectivity index (χ0v) is 20.4. The highest BCUT2D eigenvalue weighted by Crippen LogP contribution is 2.25. The molecule has 1 aliphatic rings. The second-order valence-corrected chi connectivity index (χ2v) is 9.43. The predicted molar refractivity (Wildman–Crippen MR) is 126 cm³/mol. The summed E-state index contributed by atoms with van der Waals surface area (Å²) >= 11 is 0. The van der Waals surface area contributed by atoms with E-state index in [9.17, 15) is 9.59 Å².